The van der Waals surface area contributed by atoms with E-state index in [9.17, 15) is 4.79 Å². The van der Waals surface area contributed by atoms with Crippen molar-refractivity contribution >= 4 is 17.3 Å². The molecule has 0 bridgehead atoms. The van der Waals surface area contributed by atoms with E-state index in [-0.39, 0.29) is 5.91 Å². The lowest BCUT2D eigenvalue weighted by atomic mass is 10.2. The number of hydrogen-bond donors (Lipinski definition) is 2. The van der Waals surface area contributed by atoms with Gasteiger partial charge in [0.15, 0.2) is 6.54 Å². The van der Waals surface area contributed by atoms with Crippen LogP contribution >= 0.6 is 0 Å². The summed E-state index contributed by atoms with van der Waals surface area (Å²) in [6.45, 7) is 5.09. The van der Waals surface area contributed by atoms with Gasteiger partial charge in [0.1, 0.15) is 6.54 Å². The Kier molecular flexibility index (Phi) is 6.34. The summed E-state index contributed by atoms with van der Waals surface area (Å²) in [6, 6.07) is 18.4. The van der Waals surface area contributed by atoms with Gasteiger partial charge in [0.25, 0.3) is 5.91 Å². The number of carbonyl (C=O) groups excluding carboxylic acids is 1. The van der Waals surface area contributed by atoms with E-state index in [2.05, 4.69) is 39.6 Å². The maximum Gasteiger partial charge on any atom is 0.279 e. The molecule has 1 unspecified atom stereocenters. The second-order valence-electron chi connectivity index (χ2n) is 7.71. The topological polar surface area (TPSA) is 54.6 Å². The van der Waals surface area contributed by atoms with E-state index in [4.69, 9.17) is 0 Å². The number of carbonyl (C=O) groups is 1. The molecule has 0 aliphatic heterocycles. The Hall–Kier alpha value is -3.12. The summed E-state index contributed by atoms with van der Waals surface area (Å²) in [4.78, 5) is 15.8. The highest BCUT2D eigenvalue weighted by Gasteiger charge is 2.17. The Labute approximate surface area is 172 Å². The predicted octanol–water partition coefficient (Wildman–Crippen LogP) is 2.21. The summed E-state index contributed by atoms with van der Waals surface area (Å²) in [5.74, 6) is -0.00813. The van der Waals surface area contributed by atoms with Crippen LogP contribution in [0.1, 0.15) is 17.0 Å². The smallest absolute Gasteiger partial charge is 0.279 e. The average molecular weight is 393 g/mol. The summed E-state index contributed by atoms with van der Waals surface area (Å²) < 4.78 is 1.87. The Balaban J connectivity index is 1.62. The summed E-state index contributed by atoms with van der Waals surface area (Å²) in [5.41, 5.74) is 5.91. The molecule has 29 heavy (non-hydrogen) atoms. The number of rotatable bonds is 7. The van der Waals surface area contributed by atoms with Crippen LogP contribution in [-0.2, 0) is 11.3 Å². The van der Waals surface area contributed by atoms with E-state index in [0.29, 0.717) is 6.54 Å². The number of aromatic nitrogens is 2. The summed E-state index contributed by atoms with van der Waals surface area (Å²) in [6.07, 6.45) is 0. The highest BCUT2D eigenvalue weighted by atomic mass is 16.2. The normalized spacial score (nSPS) is 11.9. The highest BCUT2D eigenvalue weighted by Crippen LogP contribution is 2.22. The van der Waals surface area contributed by atoms with Crippen molar-refractivity contribution in [1.29, 1.82) is 0 Å². The SMILES string of the molecule is Cc1nn(-c2ccccc2)c(C)c1NC(=O)C[NH+](C)Cc1ccc(N(C)C)cc1. The Morgan fingerprint density at radius 3 is 2.34 bits per heavy atom. The number of nitrogens with one attached hydrogen (secondary N) is 2. The van der Waals surface area contributed by atoms with Crippen LogP contribution in [0.3, 0.4) is 0 Å². The van der Waals surface area contributed by atoms with Gasteiger partial charge in [-0.15, -0.1) is 0 Å². The fourth-order valence-electron chi connectivity index (χ4n) is 3.42. The maximum absolute atomic E-state index is 12.6. The van der Waals surface area contributed by atoms with Crippen LogP contribution in [0.15, 0.2) is 54.6 Å². The minimum atomic E-state index is -0.00813. The number of para-hydroxylation sites is 1. The third kappa shape index (κ3) is 5.03. The lowest BCUT2D eigenvalue weighted by molar-refractivity contribution is -0.885. The molecular weight excluding hydrogens is 362 g/mol. The van der Waals surface area contributed by atoms with Gasteiger partial charge in [-0.05, 0) is 38.1 Å². The number of benzene rings is 2. The monoisotopic (exact) mass is 392 g/mol. The first-order valence-electron chi connectivity index (χ1n) is 9.84. The first kappa shape index (κ1) is 20.6. The zero-order chi connectivity index (χ0) is 21.0. The third-order valence-electron chi connectivity index (χ3n) is 4.98. The Bertz CT molecular complexity index is 961. The van der Waals surface area contributed by atoms with Gasteiger partial charge in [0, 0.05) is 25.3 Å². The number of nitrogens with zero attached hydrogens (tertiary/aromatic N) is 3. The van der Waals surface area contributed by atoms with Crippen LogP contribution in [0.2, 0.25) is 0 Å². The molecule has 2 N–H and O–H groups in total. The van der Waals surface area contributed by atoms with Gasteiger partial charge in [-0.3, -0.25) is 4.79 Å². The maximum atomic E-state index is 12.6. The number of anilines is 2. The van der Waals surface area contributed by atoms with E-state index in [1.165, 1.54) is 11.3 Å². The molecule has 0 radical (unpaired) electrons. The van der Waals surface area contributed by atoms with Gasteiger partial charge < -0.3 is 15.1 Å². The van der Waals surface area contributed by atoms with Crippen molar-refractivity contribution in [2.45, 2.75) is 20.4 Å². The van der Waals surface area contributed by atoms with Crippen molar-refractivity contribution < 1.29 is 9.69 Å². The summed E-state index contributed by atoms with van der Waals surface area (Å²) >= 11 is 0. The standard InChI is InChI=1S/C23H29N5O/c1-17-23(18(2)28(25-17)21-9-7-6-8-10-21)24-22(29)16-27(5)15-19-11-13-20(14-12-19)26(3)4/h6-14H,15-16H2,1-5H3,(H,24,29)/p+1. The molecule has 6 heteroatoms. The van der Waals surface area contributed by atoms with E-state index in [1.54, 1.807) is 0 Å². The molecular formula is C23H30N5O+. The summed E-state index contributed by atoms with van der Waals surface area (Å²) in [5, 5.41) is 7.65. The zero-order valence-corrected chi connectivity index (χ0v) is 17.9. The minimum Gasteiger partial charge on any atom is -0.378 e. The quantitative estimate of drug-likeness (QED) is 0.648. The highest BCUT2D eigenvalue weighted by molar-refractivity contribution is 5.92. The lowest BCUT2D eigenvalue weighted by Gasteiger charge is -2.16. The number of amides is 1. The van der Waals surface area contributed by atoms with Gasteiger partial charge in [0.05, 0.1) is 29.8 Å². The molecule has 3 rings (SSSR count). The number of aryl methyl sites for hydroxylation is 1. The average Bonchev–Trinajstić information content (AvgIpc) is 2.97. The molecule has 3 aromatic rings. The molecule has 152 valence electrons. The van der Waals surface area contributed by atoms with E-state index in [0.717, 1.165) is 34.2 Å². The third-order valence-corrected chi connectivity index (χ3v) is 4.98. The molecule has 6 nitrogen and oxygen atoms in total. The number of hydrogen-bond acceptors (Lipinski definition) is 3. The van der Waals surface area contributed by atoms with E-state index in [1.807, 2.05) is 70.0 Å². The molecule has 2 aromatic carbocycles. The summed E-state index contributed by atoms with van der Waals surface area (Å²) in [7, 11) is 6.09. The van der Waals surface area contributed by atoms with Crippen LogP contribution in [0.5, 0.6) is 0 Å². The molecule has 0 aliphatic rings. The van der Waals surface area contributed by atoms with Crippen LogP contribution in [0, 0.1) is 13.8 Å². The van der Waals surface area contributed by atoms with Gasteiger partial charge in [-0.25, -0.2) is 4.68 Å². The molecule has 0 saturated carbocycles. The molecule has 0 fully saturated rings. The van der Waals surface area contributed by atoms with Gasteiger partial charge in [0.2, 0.25) is 0 Å². The molecule has 0 saturated heterocycles. The van der Waals surface area contributed by atoms with Crippen molar-refractivity contribution in [3.8, 4) is 5.69 Å². The van der Waals surface area contributed by atoms with Crippen LogP contribution < -0.4 is 15.1 Å². The van der Waals surface area contributed by atoms with Crippen molar-refractivity contribution in [2.24, 2.45) is 0 Å². The molecule has 1 heterocycles. The predicted molar refractivity (Wildman–Crippen MR) is 118 cm³/mol. The fourth-order valence-corrected chi connectivity index (χ4v) is 3.42. The lowest BCUT2D eigenvalue weighted by Crippen LogP contribution is -3.08. The largest absolute Gasteiger partial charge is 0.378 e. The fraction of sp³-hybridized carbons (Fsp3) is 0.304. The van der Waals surface area contributed by atoms with Crippen LogP contribution in [-0.4, -0.2) is 43.4 Å². The van der Waals surface area contributed by atoms with E-state index < -0.39 is 0 Å². The van der Waals surface area contributed by atoms with E-state index >= 15 is 0 Å². The van der Waals surface area contributed by atoms with Crippen LogP contribution in [0.25, 0.3) is 5.69 Å². The zero-order valence-electron chi connectivity index (χ0n) is 17.9. The first-order chi connectivity index (χ1) is 13.8. The van der Waals surface area contributed by atoms with Crippen molar-refractivity contribution in [3.05, 3.63) is 71.5 Å². The second kappa shape index (κ2) is 8.92. The van der Waals surface area contributed by atoms with Gasteiger partial charge >= 0.3 is 0 Å². The molecule has 1 aromatic heterocycles. The second-order valence-corrected chi connectivity index (χ2v) is 7.71. The Morgan fingerprint density at radius 1 is 1.07 bits per heavy atom. The molecule has 0 aliphatic carbocycles. The molecule has 1 atom stereocenters. The number of quaternary nitrogens is 1. The van der Waals surface area contributed by atoms with Gasteiger partial charge in [-0.2, -0.15) is 5.10 Å². The Morgan fingerprint density at radius 2 is 1.72 bits per heavy atom. The minimum absolute atomic E-state index is 0.00813. The first-order valence-corrected chi connectivity index (χ1v) is 9.84. The van der Waals surface area contributed by atoms with Crippen LogP contribution in [0.4, 0.5) is 11.4 Å². The van der Waals surface area contributed by atoms with Crippen molar-refractivity contribution in [2.75, 3.05) is 37.9 Å². The van der Waals surface area contributed by atoms with Crippen molar-refractivity contribution in [1.82, 2.24) is 9.78 Å². The number of likely N-dealkylation sites (N-methyl/N-ethyl adjacent to an activating group) is 1. The van der Waals surface area contributed by atoms with Crippen molar-refractivity contribution in [3.63, 3.8) is 0 Å². The van der Waals surface area contributed by atoms with Gasteiger partial charge in [-0.1, -0.05) is 30.3 Å². The molecule has 0 spiro atoms. The molecule has 1 amide bonds.